The minimum atomic E-state index is -0.222. The van der Waals surface area contributed by atoms with E-state index in [1.807, 2.05) is 19.9 Å². The predicted molar refractivity (Wildman–Crippen MR) is 81.6 cm³/mol. The van der Waals surface area contributed by atoms with E-state index in [4.69, 9.17) is 5.41 Å². The highest BCUT2D eigenvalue weighted by Gasteiger charge is 2.22. The number of Topliss-reactive ketones (excluding diaryl/α,β-unsaturated/α-hetero) is 1. The maximum absolute atomic E-state index is 11.3. The van der Waals surface area contributed by atoms with Crippen LogP contribution in [-0.4, -0.2) is 29.7 Å². The summed E-state index contributed by atoms with van der Waals surface area (Å²) in [6, 6.07) is 0. The Morgan fingerprint density at radius 3 is 2.72 bits per heavy atom. The maximum Gasteiger partial charge on any atom is 0.136 e. The van der Waals surface area contributed by atoms with Crippen LogP contribution in [0.3, 0.4) is 0 Å². The zero-order valence-electron chi connectivity index (χ0n) is 11.8. The molecule has 0 aromatic rings. The van der Waals surface area contributed by atoms with Gasteiger partial charge in [-0.05, 0) is 25.5 Å². The van der Waals surface area contributed by atoms with Crippen molar-refractivity contribution in [2.24, 2.45) is 5.41 Å². The maximum atomic E-state index is 11.3. The monoisotopic (exact) mass is 270 g/mol. The van der Waals surface area contributed by atoms with E-state index < -0.39 is 0 Å². The number of nitrogens with one attached hydrogen (secondary N) is 2. The number of hydrogen-bond donors (Lipinski definition) is 2. The van der Waals surface area contributed by atoms with Crippen molar-refractivity contribution in [3.05, 3.63) is 12.7 Å². The van der Waals surface area contributed by atoms with Gasteiger partial charge in [-0.1, -0.05) is 19.9 Å². The second kappa shape index (κ2) is 9.20. The molecule has 2 N–H and O–H groups in total. The molecule has 0 aliphatic rings. The van der Waals surface area contributed by atoms with Gasteiger partial charge in [-0.3, -0.25) is 10.2 Å². The topological polar surface area (TPSA) is 53.0 Å². The van der Waals surface area contributed by atoms with Gasteiger partial charge in [0.2, 0.25) is 0 Å². The Labute approximate surface area is 115 Å². The number of carbonyl (C=O) groups is 1. The Kier molecular flexibility index (Phi) is 8.81. The molecule has 0 bridgehead atoms. The van der Waals surface area contributed by atoms with E-state index in [0.717, 1.165) is 37.3 Å². The van der Waals surface area contributed by atoms with Gasteiger partial charge >= 0.3 is 0 Å². The van der Waals surface area contributed by atoms with E-state index in [0.29, 0.717) is 5.84 Å². The van der Waals surface area contributed by atoms with Crippen LogP contribution in [-0.2, 0) is 4.79 Å². The molecule has 0 aliphatic carbocycles. The van der Waals surface area contributed by atoms with Crippen LogP contribution in [0, 0.1) is 10.8 Å². The third kappa shape index (κ3) is 8.34. The molecule has 0 aliphatic heterocycles. The Balaban J connectivity index is 3.53. The van der Waals surface area contributed by atoms with Gasteiger partial charge in [-0.25, -0.2) is 0 Å². The molecule has 0 radical (unpaired) electrons. The van der Waals surface area contributed by atoms with E-state index in [2.05, 4.69) is 11.9 Å². The number of rotatable bonds is 10. The lowest BCUT2D eigenvalue weighted by Crippen LogP contribution is -2.25. The fourth-order valence-electron chi connectivity index (χ4n) is 1.19. The lowest BCUT2D eigenvalue weighted by atomic mass is 9.92. The summed E-state index contributed by atoms with van der Waals surface area (Å²) in [5.41, 5.74) is -0.222. The lowest BCUT2D eigenvalue weighted by Gasteiger charge is -2.20. The van der Waals surface area contributed by atoms with Crippen LogP contribution in [0.1, 0.15) is 40.0 Å². The minimum absolute atomic E-state index is 0.222. The summed E-state index contributed by atoms with van der Waals surface area (Å²) in [4.78, 5) is 11.3. The van der Waals surface area contributed by atoms with Crippen LogP contribution in [0.2, 0.25) is 0 Å². The number of amidine groups is 1. The first-order chi connectivity index (χ1) is 8.40. The summed E-state index contributed by atoms with van der Waals surface area (Å²) in [6.07, 6.45) is 4.51. The van der Waals surface area contributed by atoms with Crippen molar-refractivity contribution in [2.45, 2.75) is 40.0 Å². The standard InChI is InChI=1S/C14H26N2OS/c1-5-6-9-16-13(15)8-7-10-18-11-14(3,4)12(2)17/h5H,1,6-11H2,2-4H3,(H2,15,16). The quantitative estimate of drug-likeness (QED) is 0.277. The van der Waals surface area contributed by atoms with E-state index >= 15 is 0 Å². The fourth-order valence-corrected chi connectivity index (χ4v) is 2.40. The fraction of sp³-hybridized carbons (Fsp3) is 0.714. The van der Waals surface area contributed by atoms with Crippen LogP contribution in [0.4, 0.5) is 0 Å². The molecular formula is C14H26N2OS. The molecule has 0 atom stereocenters. The number of ketones is 1. The van der Waals surface area contributed by atoms with Gasteiger partial charge in [-0.2, -0.15) is 11.8 Å². The van der Waals surface area contributed by atoms with Crippen molar-refractivity contribution in [1.82, 2.24) is 5.32 Å². The highest BCUT2D eigenvalue weighted by Crippen LogP contribution is 2.23. The summed E-state index contributed by atoms with van der Waals surface area (Å²) >= 11 is 1.80. The van der Waals surface area contributed by atoms with Crippen molar-refractivity contribution in [2.75, 3.05) is 18.1 Å². The van der Waals surface area contributed by atoms with E-state index in [9.17, 15) is 4.79 Å². The van der Waals surface area contributed by atoms with E-state index in [1.165, 1.54) is 0 Å². The Morgan fingerprint density at radius 1 is 1.50 bits per heavy atom. The second-order valence-electron chi connectivity index (χ2n) is 5.08. The highest BCUT2D eigenvalue weighted by atomic mass is 32.2. The van der Waals surface area contributed by atoms with Gasteiger partial charge in [0, 0.05) is 24.1 Å². The molecule has 0 rings (SSSR count). The second-order valence-corrected chi connectivity index (χ2v) is 6.18. The van der Waals surface area contributed by atoms with Crippen molar-refractivity contribution in [1.29, 1.82) is 5.41 Å². The highest BCUT2D eigenvalue weighted by molar-refractivity contribution is 7.99. The summed E-state index contributed by atoms with van der Waals surface area (Å²) < 4.78 is 0. The molecule has 104 valence electrons. The number of carbonyl (C=O) groups excluding carboxylic acids is 1. The third-order valence-electron chi connectivity index (χ3n) is 2.82. The van der Waals surface area contributed by atoms with Crippen LogP contribution < -0.4 is 5.32 Å². The Bertz CT molecular complexity index is 288. The molecule has 0 saturated heterocycles. The van der Waals surface area contributed by atoms with Crippen molar-refractivity contribution >= 4 is 23.4 Å². The zero-order valence-corrected chi connectivity index (χ0v) is 12.7. The molecule has 0 amide bonds. The van der Waals surface area contributed by atoms with Crippen LogP contribution in [0.5, 0.6) is 0 Å². The smallest absolute Gasteiger partial charge is 0.136 e. The zero-order chi connectivity index (χ0) is 14.0. The first-order valence-corrected chi connectivity index (χ1v) is 7.56. The number of hydrogen-bond acceptors (Lipinski definition) is 3. The summed E-state index contributed by atoms with van der Waals surface area (Å²) in [7, 11) is 0. The first-order valence-electron chi connectivity index (χ1n) is 6.41. The summed E-state index contributed by atoms with van der Waals surface area (Å²) in [6.45, 7) is 10.1. The van der Waals surface area contributed by atoms with Crippen LogP contribution in [0.15, 0.2) is 12.7 Å². The van der Waals surface area contributed by atoms with Gasteiger partial charge in [0.15, 0.2) is 0 Å². The van der Waals surface area contributed by atoms with Crippen LogP contribution >= 0.6 is 11.8 Å². The van der Waals surface area contributed by atoms with Gasteiger partial charge in [0.1, 0.15) is 5.78 Å². The largest absolute Gasteiger partial charge is 0.374 e. The molecule has 0 aromatic carbocycles. The SMILES string of the molecule is C=CCCNC(=N)CCCSCC(C)(C)C(C)=O. The van der Waals surface area contributed by atoms with Gasteiger partial charge < -0.3 is 5.32 Å². The Morgan fingerprint density at radius 2 is 2.17 bits per heavy atom. The molecule has 0 spiro atoms. The number of thioether (sulfide) groups is 1. The molecule has 0 heterocycles. The average molecular weight is 270 g/mol. The molecule has 0 unspecified atom stereocenters. The minimum Gasteiger partial charge on any atom is -0.374 e. The van der Waals surface area contributed by atoms with E-state index in [-0.39, 0.29) is 11.2 Å². The molecule has 0 fully saturated rings. The summed E-state index contributed by atoms with van der Waals surface area (Å²) in [5.74, 6) is 2.71. The molecular weight excluding hydrogens is 244 g/mol. The molecule has 18 heavy (non-hydrogen) atoms. The molecule has 0 aromatic heterocycles. The third-order valence-corrected chi connectivity index (χ3v) is 4.32. The first kappa shape index (κ1) is 17.2. The van der Waals surface area contributed by atoms with Crippen molar-refractivity contribution in [3.8, 4) is 0 Å². The Hall–Kier alpha value is -0.770. The van der Waals surface area contributed by atoms with Crippen LogP contribution in [0.25, 0.3) is 0 Å². The predicted octanol–water partition coefficient (Wildman–Crippen LogP) is 3.26. The molecule has 4 heteroatoms. The molecule has 3 nitrogen and oxygen atoms in total. The average Bonchev–Trinajstić information content (AvgIpc) is 2.28. The van der Waals surface area contributed by atoms with Gasteiger partial charge in [0.05, 0.1) is 5.84 Å². The summed E-state index contributed by atoms with van der Waals surface area (Å²) in [5, 5.41) is 10.7. The van der Waals surface area contributed by atoms with E-state index in [1.54, 1.807) is 18.7 Å². The lowest BCUT2D eigenvalue weighted by molar-refractivity contribution is -0.123. The van der Waals surface area contributed by atoms with Crippen molar-refractivity contribution in [3.63, 3.8) is 0 Å². The van der Waals surface area contributed by atoms with Crippen molar-refractivity contribution < 1.29 is 4.79 Å². The van der Waals surface area contributed by atoms with Gasteiger partial charge in [0.25, 0.3) is 0 Å². The van der Waals surface area contributed by atoms with Gasteiger partial charge in [-0.15, -0.1) is 6.58 Å². The molecule has 0 saturated carbocycles. The normalized spacial score (nSPS) is 11.1.